The van der Waals surface area contributed by atoms with Gasteiger partial charge in [0.2, 0.25) is 0 Å². The van der Waals surface area contributed by atoms with E-state index in [9.17, 15) is 0 Å². The summed E-state index contributed by atoms with van der Waals surface area (Å²) >= 11 is 0. The van der Waals surface area contributed by atoms with E-state index in [-0.39, 0.29) is 6.04 Å². The highest BCUT2D eigenvalue weighted by atomic mass is 15.0. The number of para-hydroxylation sites is 1. The zero-order chi connectivity index (χ0) is 11.7. The van der Waals surface area contributed by atoms with E-state index >= 15 is 0 Å². The van der Waals surface area contributed by atoms with Gasteiger partial charge in [-0.2, -0.15) is 0 Å². The summed E-state index contributed by atoms with van der Waals surface area (Å²) in [7, 11) is 0. The number of fused-ring (bicyclic) bond motifs is 1. The minimum absolute atomic E-state index is 0.214. The van der Waals surface area contributed by atoms with Crippen LogP contribution in [0, 0.1) is 6.92 Å². The summed E-state index contributed by atoms with van der Waals surface area (Å²) in [5, 5.41) is 1.33. The second-order valence-electron chi connectivity index (χ2n) is 4.57. The Kier molecular flexibility index (Phi) is 3.01. The lowest BCUT2D eigenvalue weighted by Crippen LogP contribution is -2.18. The summed E-state index contributed by atoms with van der Waals surface area (Å²) in [4.78, 5) is 0. The van der Waals surface area contributed by atoms with Crippen LogP contribution >= 0.6 is 0 Å². The van der Waals surface area contributed by atoms with Gasteiger partial charge in [0.1, 0.15) is 0 Å². The smallest absolute Gasteiger partial charge is 0.0515 e. The van der Waals surface area contributed by atoms with Crippen molar-refractivity contribution in [3.05, 3.63) is 35.5 Å². The van der Waals surface area contributed by atoms with E-state index in [0.717, 1.165) is 13.0 Å². The van der Waals surface area contributed by atoms with Gasteiger partial charge in [0.15, 0.2) is 0 Å². The van der Waals surface area contributed by atoms with Gasteiger partial charge in [-0.05, 0) is 38.8 Å². The Morgan fingerprint density at radius 2 is 2.12 bits per heavy atom. The van der Waals surface area contributed by atoms with Crippen LogP contribution in [0.1, 0.15) is 25.1 Å². The van der Waals surface area contributed by atoms with Crippen molar-refractivity contribution in [2.75, 3.05) is 0 Å². The third-order valence-corrected chi connectivity index (χ3v) is 3.07. The molecule has 16 heavy (non-hydrogen) atoms. The number of nitrogens with zero attached hydrogens (tertiary/aromatic N) is 1. The number of aryl methyl sites for hydroxylation is 2. The van der Waals surface area contributed by atoms with E-state index < -0.39 is 0 Å². The van der Waals surface area contributed by atoms with E-state index in [1.54, 1.807) is 0 Å². The zero-order valence-corrected chi connectivity index (χ0v) is 10.3. The van der Waals surface area contributed by atoms with Crippen molar-refractivity contribution in [3.8, 4) is 0 Å². The maximum Gasteiger partial charge on any atom is 0.0515 e. The van der Waals surface area contributed by atoms with E-state index in [0.29, 0.717) is 0 Å². The van der Waals surface area contributed by atoms with Crippen molar-refractivity contribution in [2.24, 2.45) is 5.73 Å². The molecule has 0 radical (unpaired) electrons. The van der Waals surface area contributed by atoms with Gasteiger partial charge in [0.05, 0.1) is 5.52 Å². The topological polar surface area (TPSA) is 30.9 Å². The van der Waals surface area contributed by atoms with Crippen LogP contribution in [-0.4, -0.2) is 10.6 Å². The van der Waals surface area contributed by atoms with E-state index in [2.05, 4.69) is 49.6 Å². The van der Waals surface area contributed by atoms with Crippen LogP contribution < -0.4 is 5.73 Å². The zero-order valence-electron chi connectivity index (χ0n) is 10.3. The summed E-state index contributed by atoms with van der Waals surface area (Å²) in [5.41, 5.74) is 9.96. The Hall–Kier alpha value is -1.28. The van der Waals surface area contributed by atoms with Gasteiger partial charge in [-0.1, -0.05) is 18.2 Å². The SMILES string of the molecule is CCn1c(C)cc2cccc(CC(C)N)c21. The molecule has 0 amide bonds. The van der Waals surface area contributed by atoms with Crippen molar-refractivity contribution < 1.29 is 0 Å². The maximum absolute atomic E-state index is 5.90. The van der Waals surface area contributed by atoms with E-state index in [1.165, 1.54) is 22.2 Å². The predicted octanol–water partition coefficient (Wildman–Crippen LogP) is 2.86. The van der Waals surface area contributed by atoms with Gasteiger partial charge < -0.3 is 10.3 Å². The lowest BCUT2D eigenvalue weighted by Gasteiger charge is -2.11. The van der Waals surface area contributed by atoms with Crippen LogP contribution in [0.4, 0.5) is 0 Å². The highest BCUT2D eigenvalue weighted by molar-refractivity contribution is 5.84. The standard InChI is InChI=1S/C14H20N2/c1-4-16-11(3)9-13-7-5-6-12(14(13)16)8-10(2)15/h5-7,9-10H,4,8,15H2,1-3H3. The lowest BCUT2D eigenvalue weighted by atomic mass is 10.0. The Bertz CT molecular complexity index is 495. The Labute approximate surface area is 97.1 Å². The molecule has 0 bridgehead atoms. The van der Waals surface area contributed by atoms with Gasteiger partial charge in [0, 0.05) is 23.7 Å². The highest BCUT2D eigenvalue weighted by Crippen LogP contribution is 2.24. The molecule has 2 nitrogen and oxygen atoms in total. The van der Waals surface area contributed by atoms with Gasteiger partial charge in [-0.3, -0.25) is 0 Å². The van der Waals surface area contributed by atoms with E-state index in [4.69, 9.17) is 5.73 Å². The first kappa shape index (κ1) is 11.2. The molecule has 0 saturated carbocycles. The summed E-state index contributed by atoms with van der Waals surface area (Å²) in [6.07, 6.45) is 0.945. The average Bonchev–Trinajstić information content (AvgIpc) is 2.53. The summed E-state index contributed by atoms with van der Waals surface area (Å²) in [6, 6.07) is 8.96. The molecule has 0 fully saturated rings. The molecule has 2 rings (SSSR count). The second kappa shape index (κ2) is 4.30. The molecule has 2 heteroatoms. The summed E-state index contributed by atoms with van der Waals surface area (Å²) in [5.74, 6) is 0. The minimum Gasteiger partial charge on any atom is -0.345 e. The number of nitrogens with two attached hydrogens (primary N) is 1. The fourth-order valence-electron chi connectivity index (χ4n) is 2.46. The normalized spacial score (nSPS) is 13.2. The number of aromatic nitrogens is 1. The van der Waals surface area contributed by atoms with Gasteiger partial charge in [0.25, 0.3) is 0 Å². The molecule has 1 unspecified atom stereocenters. The van der Waals surface area contributed by atoms with Crippen molar-refractivity contribution in [1.82, 2.24) is 4.57 Å². The molecule has 1 aromatic carbocycles. The second-order valence-corrected chi connectivity index (χ2v) is 4.57. The average molecular weight is 216 g/mol. The van der Waals surface area contributed by atoms with Crippen LogP contribution in [0.15, 0.2) is 24.3 Å². The predicted molar refractivity (Wildman–Crippen MR) is 69.7 cm³/mol. The highest BCUT2D eigenvalue weighted by Gasteiger charge is 2.09. The van der Waals surface area contributed by atoms with E-state index in [1.807, 2.05) is 0 Å². The van der Waals surface area contributed by atoms with Crippen LogP contribution in [-0.2, 0) is 13.0 Å². The molecular formula is C14H20N2. The first-order valence-corrected chi connectivity index (χ1v) is 5.96. The largest absolute Gasteiger partial charge is 0.345 e. The number of hydrogen-bond donors (Lipinski definition) is 1. The molecule has 86 valence electrons. The van der Waals surface area contributed by atoms with Crippen molar-refractivity contribution >= 4 is 10.9 Å². The van der Waals surface area contributed by atoms with Crippen molar-refractivity contribution in [2.45, 2.75) is 39.8 Å². The molecule has 0 aliphatic rings. The Morgan fingerprint density at radius 1 is 1.38 bits per heavy atom. The Morgan fingerprint density at radius 3 is 2.75 bits per heavy atom. The fraction of sp³-hybridized carbons (Fsp3) is 0.429. The monoisotopic (exact) mass is 216 g/mol. The fourth-order valence-corrected chi connectivity index (χ4v) is 2.46. The first-order valence-electron chi connectivity index (χ1n) is 5.96. The molecule has 1 atom stereocenters. The van der Waals surface area contributed by atoms with Crippen LogP contribution in [0.25, 0.3) is 10.9 Å². The third kappa shape index (κ3) is 1.85. The minimum atomic E-state index is 0.214. The first-order chi connectivity index (χ1) is 7.63. The molecule has 2 N–H and O–H groups in total. The Balaban J connectivity index is 2.64. The molecule has 0 aliphatic heterocycles. The number of rotatable bonds is 3. The summed E-state index contributed by atoms with van der Waals surface area (Å²) in [6.45, 7) is 7.43. The van der Waals surface area contributed by atoms with Gasteiger partial charge in [-0.15, -0.1) is 0 Å². The maximum atomic E-state index is 5.90. The van der Waals surface area contributed by atoms with Crippen molar-refractivity contribution in [3.63, 3.8) is 0 Å². The molecule has 0 saturated heterocycles. The number of benzene rings is 1. The quantitative estimate of drug-likeness (QED) is 0.840. The van der Waals surface area contributed by atoms with Gasteiger partial charge >= 0.3 is 0 Å². The molecule has 0 spiro atoms. The third-order valence-electron chi connectivity index (χ3n) is 3.07. The van der Waals surface area contributed by atoms with Gasteiger partial charge in [-0.25, -0.2) is 0 Å². The summed E-state index contributed by atoms with van der Waals surface area (Å²) < 4.78 is 2.37. The molecular weight excluding hydrogens is 196 g/mol. The number of hydrogen-bond acceptors (Lipinski definition) is 1. The molecule has 1 aromatic heterocycles. The lowest BCUT2D eigenvalue weighted by molar-refractivity contribution is 0.726. The molecule has 0 aliphatic carbocycles. The van der Waals surface area contributed by atoms with Crippen LogP contribution in [0.5, 0.6) is 0 Å². The molecule has 1 heterocycles. The van der Waals surface area contributed by atoms with Crippen LogP contribution in [0.3, 0.4) is 0 Å². The van der Waals surface area contributed by atoms with Crippen LogP contribution in [0.2, 0.25) is 0 Å². The van der Waals surface area contributed by atoms with Crippen molar-refractivity contribution in [1.29, 1.82) is 0 Å². The molecule has 2 aromatic rings.